The molecule has 1 heterocycles. The van der Waals surface area contributed by atoms with Gasteiger partial charge in [0.15, 0.2) is 0 Å². The molecule has 0 spiro atoms. The predicted molar refractivity (Wildman–Crippen MR) is 47.2 cm³/mol. The van der Waals surface area contributed by atoms with E-state index >= 15 is 0 Å². The molecule has 0 N–H and O–H groups in total. The highest BCUT2D eigenvalue weighted by Crippen LogP contribution is 2.36. The fraction of sp³-hybridized carbons (Fsp3) is 0.800. The molecule has 0 saturated heterocycles. The third-order valence-electron chi connectivity index (χ3n) is 2.44. The first-order valence-electron chi connectivity index (χ1n) is 4.33. The summed E-state index contributed by atoms with van der Waals surface area (Å²) in [4.78, 5) is 0. The van der Waals surface area contributed by atoms with Gasteiger partial charge in [0.2, 0.25) is 0 Å². The highest BCUT2D eigenvalue weighted by atomic mass is 16.5. The van der Waals surface area contributed by atoms with Gasteiger partial charge >= 0.3 is 0 Å². The second-order valence-electron chi connectivity index (χ2n) is 4.28. The molecule has 1 atom stereocenters. The molecule has 11 heavy (non-hydrogen) atoms. The van der Waals surface area contributed by atoms with Crippen molar-refractivity contribution < 1.29 is 4.74 Å². The van der Waals surface area contributed by atoms with Crippen LogP contribution >= 0.6 is 0 Å². The van der Waals surface area contributed by atoms with Crippen molar-refractivity contribution in [3.63, 3.8) is 0 Å². The number of ether oxygens (including phenoxy) is 1. The molecule has 1 aliphatic heterocycles. The summed E-state index contributed by atoms with van der Waals surface area (Å²) < 4.78 is 5.70. The molecule has 0 radical (unpaired) electrons. The van der Waals surface area contributed by atoms with Crippen molar-refractivity contribution in [3.05, 3.63) is 11.8 Å². The maximum absolute atomic E-state index is 5.70. The summed E-state index contributed by atoms with van der Waals surface area (Å²) in [5.74, 6) is 1.68. The van der Waals surface area contributed by atoms with Crippen molar-refractivity contribution in [1.29, 1.82) is 0 Å². The summed E-state index contributed by atoms with van der Waals surface area (Å²) >= 11 is 0. The second-order valence-corrected chi connectivity index (χ2v) is 4.28. The standard InChI is InChI=1S/C10H18O/c1-7(2)9-6-10(4,5)8(3)11-9/h6-8H,1-5H3. The zero-order valence-electron chi connectivity index (χ0n) is 8.14. The van der Waals surface area contributed by atoms with Crippen molar-refractivity contribution in [2.45, 2.75) is 40.7 Å². The monoisotopic (exact) mass is 154 g/mol. The van der Waals surface area contributed by atoms with Crippen molar-refractivity contribution in [2.24, 2.45) is 11.3 Å². The van der Waals surface area contributed by atoms with Gasteiger partial charge in [-0.3, -0.25) is 0 Å². The van der Waals surface area contributed by atoms with Gasteiger partial charge in [0.25, 0.3) is 0 Å². The van der Waals surface area contributed by atoms with E-state index in [9.17, 15) is 0 Å². The van der Waals surface area contributed by atoms with Crippen LogP contribution in [0.3, 0.4) is 0 Å². The highest BCUT2D eigenvalue weighted by Gasteiger charge is 2.33. The minimum Gasteiger partial charge on any atom is -0.494 e. The van der Waals surface area contributed by atoms with E-state index in [2.05, 4.69) is 40.7 Å². The molecule has 0 aliphatic carbocycles. The lowest BCUT2D eigenvalue weighted by Crippen LogP contribution is -2.20. The van der Waals surface area contributed by atoms with Gasteiger partial charge in [-0.2, -0.15) is 0 Å². The molecule has 0 fully saturated rings. The van der Waals surface area contributed by atoms with E-state index in [0.29, 0.717) is 12.0 Å². The van der Waals surface area contributed by atoms with Gasteiger partial charge < -0.3 is 4.74 Å². The van der Waals surface area contributed by atoms with Crippen LogP contribution in [0, 0.1) is 11.3 Å². The van der Waals surface area contributed by atoms with Gasteiger partial charge in [0, 0.05) is 11.3 Å². The van der Waals surface area contributed by atoms with Crippen molar-refractivity contribution in [2.75, 3.05) is 0 Å². The van der Waals surface area contributed by atoms with Gasteiger partial charge in [-0.15, -0.1) is 0 Å². The van der Waals surface area contributed by atoms with E-state index in [1.54, 1.807) is 0 Å². The van der Waals surface area contributed by atoms with Crippen molar-refractivity contribution in [1.82, 2.24) is 0 Å². The van der Waals surface area contributed by atoms with Crippen LogP contribution in [-0.2, 0) is 4.74 Å². The van der Waals surface area contributed by atoms with Crippen LogP contribution in [-0.4, -0.2) is 6.10 Å². The Morgan fingerprint density at radius 1 is 1.45 bits per heavy atom. The third-order valence-corrected chi connectivity index (χ3v) is 2.44. The van der Waals surface area contributed by atoms with E-state index < -0.39 is 0 Å². The zero-order valence-corrected chi connectivity index (χ0v) is 8.14. The summed E-state index contributed by atoms with van der Waals surface area (Å²) in [5, 5.41) is 0. The van der Waals surface area contributed by atoms with Crippen LogP contribution in [0.2, 0.25) is 0 Å². The van der Waals surface area contributed by atoms with Crippen molar-refractivity contribution in [3.8, 4) is 0 Å². The van der Waals surface area contributed by atoms with Gasteiger partial charge in [0.05, 0.1) is 5.76 Å². The second kappa shape index (κ2) is 2.54. The van der Waals surface area contributed by atoms with Crippen LogP contribution < -0.4 is 0 Å². The molecule has 1 heteroatoms. The van der Waals surface area contributed by atoms with E-state index in [4.69, 9.17) is 4.74 Å². The fourth-order valence-corrected chi connectivity index (χ4v) is 1.18. The molecule has 0 amide bonds. The molecule has 0 aromatic heterocycles. The van der Waals surface area contributed by atoms with Crippen molar-refractivity contribution >= 4 is 0 Å². The molecular formula is C10H18O. The topological polar surface area (TPSA) is 9.23 Å². The largest absolute Gasteiger partial charge is 0.494 e. The maximum Gasteiger partial charge on any atom is 0.104 e. The number of rotatable bonds is 1. The average molecular weight is 154 g/mol. The summed E-state index contributed by atoms with van der Waals surface area (Å²) in [6.07, 6.45) is 2.59. The number of allylic oxidation sites excluding steroid dienone is 1. The number of hydrogen-bond acceptors (Lipinski definition) is 1. The molecule has 0 saturated carbocycles. The van der Waals surface area contributed by atoms with Crippen LogP contribution in [0.5, 0.6) is 0 Å². The van der Waals surface area contributed by atoms with E-state index in [1.165, 1.54) is 0 Å². The Morgan fingerprint density at radius 2 is 2.00 bits per heavy atom. The average Bonchev–Trinajstić information content (AvgIpc) is 2.08. The van der Waals surface area contributed by atoms with Crippen LogP contribution in [0.1, 0.15) is 34.6 Å². The molecule has 0 bridgehead atoms. The van der Waals surface area contributed by atoms with E-state index in [0.717, 1.165) is 5.76 Å². The van der Waals surface area contributed by atoms with Crippen LogP contribution in [0.15, 0.2) is 11.8 Å². The lowest BCUT2D eigenvalue weighted by atomic mass is 9.88. The molecular weight excluding hydrogens is 136 g/mol. The SMILES string of the molecule is CC(C)C1=CC(C)(C)C(C)O1. The first-order chi connectivity index (χ1) is 4.93. The number of hydrogen-bond donors (Lipinski definition) is 0. The minimum absolute atomic E-state index is 0.222. The first kappa shape index (κ1) is 8.63. The first-order valence-corrected chi connectivity index (χ1v) is 4.33. The molecule has 1 rings (SSSR count). The molecule has 0 aromatic carbocycles. The Hall–Kier alpha value is -0.460. The van der Waals surface area contributed by atoms with Gasteiger partial charge in [-0.05, 0) is 13.0 Å². The van der Waals surface area contributed by atoms with E-state index in [-0.39, 0.29) is 5.41 Å². The lowest BCUT2D eigenvalue weighted by molar-refractivity contribution is 0.0823. The smallest absolute Gasteiger partial charge is 0.104 e. The van der Waals surface area contributed by atoms with Crippen LogP contribution in [0.25, 0.3) is 0 Å². The summed E-state index contributed by atoms with van der Waals surface area (Å²) in [5.41, 5.74) is 0.222. The molecule has 64 valence electrons. The van der Waals surface area contributed by atoms with E-state index in [1.807, 2.05) is 0 Å². The summed E-state index contributed by atoms with van der Waals surface area (Å²) in [7, 11) is 0. The maximum atomic E-state index is 5.70. The van der Waals surface area contributed by atoms with Gasteiger partial charge in [-0.1, -0.05) is 27.7 Å². The Morgan fingerprint density at radius 3 is 2.18 bits per heavy atom. The van der Waals surface area contributed by atoms with Crippen LogP contribution in [0.4, 0.5) is 0 Å². The highest BCUT2D eigenvalue weighted by molar-refractivity contribution is 5.12. The van der Waals surface area contributed by atoms with Gasteiger partial charge in [0.1, 0.15) is 6.10 Å². The quantitative estimate of drug-likeness (QED) is 0.564. The fourth-order valence-electron chi connectivity index (χ4n) is 1.18. The zero-order chi connectivity index (χ0) is 8.65. The molecule has 1 unspecified atom stereocenters. The molecule has 1 aliphatic rings. The minimum atomic E-state index is 0.222. The Kier molecular flexibility index (Phi) is 2.00. The molecule has 1 nitrogen and oxygen atoms in total. The lowest BCUT2D eigenvalue weighted by Gasteiger charge is -2.20. The summed E-state index contributed by atoms with van der Waals surface area (Å²) in [6.45, 7) is 10.9. The third kappa shape index (κ3) is 1.58. The Balaban J connectivity index is 2.76. The summed E-state index contributed by atoms with van der Waals surface area (Å²) in [6, 6.07) is 0. The van der Waals surface area contributed by atoms with Gasteiger partial charge in [-0.25, -0.2) is 0 Å². The Labute approximate surface area is 69.4 Å². The molecule has 0 aromatic rings. The Bertz CT molecular complexity index is 177. The normalized spacial score (nSPS) is 28.5. The predicted octanol–water partition coefficient (Wildman–Crippen LogP) is 2.97.